The number of hydrogen-bond acceptors (Lipinski definition) is 7. The average Bonchev–Trinajstić information content (AvgIpc) is 3.68. The number of halogens is 2. The molecule has 4 heterocycles. The van der Waals surface area contributed by atoms with Crippen LogP contribution in [0.3, 0.4) is 0 Å². The number of carbonyl (C=O) groups excluding carboxylic acids is 2. The van der Waals surface area contributed by atoms with Gasteiger partial charge in [0.05, 0.1) is 34.9 Å². The van der Waals surface area contributed by atoms with Crippen LogP contribution in [0.4, 0.5) is 26.0 Å². The maximum atomic E-state index is 13.8. The monoisotopic (exact) mass is 611 g/mol. The Morgan fingerprint density at radius 1 is 0.953 bits per heavy atom. The van der Waals surface area contributed by atoms with Gasteiger partial charge in [-0.15, -0.1) is 0 Å². The fourth-order valence-corrected chi connectivity index (χ4v) is 6.54. The molecule has 4 N–H and O–H groups in total. The van der Waals surface area contributed by atoms with E-state index in [0.717, 1.165) is 22.1 Å². The smallest absolute Gasteiger partial charge is 0.258 e. The van der Waals surface area contributed by atoms with Crippen LogP contribution in [0, 0.1) is 11.6 Å². The predicted molar refractivity (Wildman–Crippen MR) is 152 cm³/mol. The first-order valence-electron chi connectivity index (χ1n) is 13.4. The van der Waals surface area contributed by atoms with E-state index in [4.69, 9.17) is 4.74 Å². The Morgan fingerprint density at radius 3 is 2.44 bits per heavy atom. The van der Waals surface area contributed by atoms with E-state index >= 15 is 0 Å². The number of hydrogen-bond donors (Lipinski definition) is 4. The molecule has 224 valence electrons. The maximum absolute atomic E-state index is 13.8. The Morgan fingerprint density at radius 2 is 1.72 bits per heavy atom. The van der Waals surface area contributed by atoms with Crippen molar-refractivity contribution in [1.82, 2.24) is 19.5 Å². The Hall–Kier alpha value is -4.60. The summed E-state index contributed by atoms with van der Waals surface area (Å²) in [5, 5.41) is 12.6. The van der Waals surface area contributed by atoms with Crippen LogP contribution in [0.25, 0.3) is 0 Å². The minimum Gasteiger partial charge on any atom is -0.378 e. The van der Waals surface area contributed by atoms with Crippen LogP contribution < -0.4 is 15.5 Å². The summed E-state index contributed by atoms with van der Waals surface area (Å²) in [6.45, 7) is 2.27. The summed E-state index contributed by atoms with van der Waals surface area (Å²) in [5.41, 5.74) is 2.65. The summed E-state index contributed by atoms with van der Waals surface area (Å²) in [7, 11) is -4.25. The first kappa shape index (κ1) is 28.5. The lowest BCUT2D eigenvalue weighted by Gasteiger charge is -2.29. The number of nitrogens with zero attached hydrogens (tertiary/aromatic N) is 3. The third kappa shape index (κ3) is 5.86. The summed E-state index contributed by atoms with van der Waals surface area (Å²) in [6, 6.07) is 8.82. The number of rotatable bonds is 7. The fourth-order valence-electron chi connectivity index (χ4n) is 5.09. The summed E-state index contributed by atoms with van der Waals surface area (Å²) in [5.74, 6) is -2.91. The zero-order valence-corrected chi connectivity index (χ0v) is 23.5. The third-order valence-corrected chi connectivity index (χ3v) is 9.16. The molecule has 15 heteroatoms. The summed E-state index contributed by atoms with van der Waals surface area (Å²) < 4.78 is 60.5. The van der Waals surface area contributed by atoms with Crippen molar-refractivity contribution in [2.45, 2.75) is 17.9 Å². The Bertz CT molecular complexity index is 1770. The molecule has 2 amide bonds. The zero-order valence-electron chi connectivity index (χ0n) is 22.7. The van der Waals surface area contributed by atoms with Crippen molar-refractivity contribution in [3.63, 3.8) is 0 Å². The molecule has 0 aliphatic carbocycles. The summed E-state index contributed by atoms with van der Waals surface area (Å²) in [6.07, 6.45) is 3.39. The van der Waals surface area contributed by atoms with Crippen molar-refractivity contribution in [2.75, 3.05) is 48.4 Å². The Kier molecular flexibility index (Phi) is 7.68. The van der Waals surface area contributed by atoms with Gasteiger partial charge in [-0.2, -0.15) is 9.40 Å². The molecule has 6 rings (SSSR count). The highest BCUT2D eigenvalue weighted by molar-refractivity contribution is 7.89. The topological polar surface area (TPSA) is 153 Å². The van der Waals surface area contributed by atoms with Crippen LogP contribution in [-0.4, -0.2) is 72.6 Å². The van der Waals surface area contributed by atoms with E-state index in [1.54, 1.807) is 30.5 Å². The molecular weight excluding hydrogens is 584 g/mol. The Labute approximate surface area is 245 Å². The number of ether oxygens (including phenoxy) is 1. The largest absolute Gasteiger partial charge is 0.378 e. The summed E-state index contributed by atoms with van der Waals surface area (Å²) >= 11 is 0. The lowest BCUT2D eigenvalue weighted by atomic mass is 10.1. The lowest BCUT2D eigenvalue weighted by Crippen LogP contribution is -2.36. The van der Waals surface area contributed by atoms with E-state index in [2.05, 4.69) is 30.7 Å². The molecule has 2 aromatic heterocycles. The normalized spacial score (nSPS) is 15.6. The highest BCUT2D eigenvalue weighted by Gasteiger charge is 2.32. The van der Waals surface area contributed by atoms with Crippen molar-refractivity contribution in [3.05, 3.63) is 88.9 Å². The highest BCUT2D eigenvalue weighted by atomic mass is 32.2. The molecule has 2 aliphatic rings. The van der Waals surface area contributed by atoms with Crippen molar-refractivity contribution in [3.8, 4) is 0 Å². The number of carbonyl (C=O) groups is 2. The fraction of sp³-hybridized carbons (Fsp3) is 0.250. The van der Waals surface area contributed by atoms with E-state index in [9.17, 15) is 26.8 Å². The predicted octanol–water partition coefficient (Wildman–Crippen LogP) is 3.10. The summed E-state index contributed by atoms with van der Waals surface area (Å²) in [4.78, 5) is 30.9. The highest BCUT2D eigenvalue weighted by Crippen LogP contribution is 2.31. The minimum atomic E-state index is -4.25. The molecule has 0 saturated carbocycles. The van der Waals surface area contributed by atoms with E-state index in [0.29, 0.717) is 49.2 Å². The molecule has 43 heavy (non-hydrogen) atoms. The number of aromatic nitrogens is 3. The quantitative estimate of drug-likeness (QED) is 0.251. The van der Waals surface area contributed by atoms with Crippen molar-refractivity contribution in [1.29, 1.82) is 0 Å². The van der Waals surface area contributed by atoms with Crippen LogP contribution in [0.5, 0.6) is 0 Å². The van der Waals surface area contributed by atoms with Gasteiger partial charge in [-0.05, 0) is 36.4 Å². The van der Waals surface area contributed by atoms with Crippen molar-refractivity contribution in [2.24, 2.45) is 0 Å². The lowest BCUT2D eigenvalue weighted by molar-refractivity contribution is 0.102. The molecule has 0 spiro atoms. The number of morpholine rings is 1. The molecule has 4 aromatic rings. The van der Waals surface area contributed by atoms with Crippen LogP contribution in [0.1, 0.15) is 32.0 Å². The maximum Gasteiger partial charge on any atom is 0.258 e. The van der Waals surface area contributed by atoms with Gasteiger partial charge in [0.1, 0.15) is 11.6 Å². The number of H-pyrrole nitrogens is 2. The molecule has 0 atom stereocenters. The molecule has 12 nitrogen and oxygen atoms in total. The second-order valence-electron chi connectivity index (χ2n) is 10.1. The molecule has 0 unspecified atom stereocenters. The first-order chi connectivity index (χ1) is 20.7. The molecule has 1 saturated heterocycles. The molecule has 2 aliphatic heterocycles. The molecule has 0 bridgehead atoms. The average molecular weight is 612 g/mol. The number of sulfonamides is 1. The second kappa shape index (κ2) is 11.6. The van der Waals surface area contributed by atoms with Crippen LogP contribution in [0.15, 0.2) is 59.8 Å². The molecule has 2 aromatic carbocycles. The van der Waals surface area contributed by atoms with Crippen molar-refractivity contribution < 1.29 is 31.5 Å². The number of amides is 2. The van der Waals surface area contributed by atoms with Crippen LogP contribution >= 0.6 is 0 Å². The second-order valence-corrected chi connectivity index (χ2v) is 12.0. The van der Waals surface area contributed by atoms with Crippen LogP contribution in [-0.2, 0) is 27.7 Å². The van der Waals surface area contributed by atoms with Gasteiger partial charge < -0.3 is 25.3 Å². The van der Waals surface area contributed by atoms with Gasteiger partial charge in [0.15, 0.2) is 5.82 Å². The SMILES string of the molecule is O=C(Nc1cc(N2CCOCC2)ccc1C(=O)Nc1n[nH]c2c1CN(S(=O)(=O)c1cc(F)cc(F)c1)CC2)c1cc[nH]c1. The van der Waals surface area contributed by atoms with Gasteiger partial charge in [0.2, 0.25) is 10.0 Å². The third-order valence-electron chi connectivity index (χ3n) is 7.34. The van der Waals surface area contributed by atoms with E-state index in [1.165, 1.54) is 6.20 Å². The van der Waals surface area contributed by atoms with Gasteiger partial charge >= 0.3 is 0 Å². The van der Waals surface area contributed by atoms with Gasteiger partial charge in [0, 0.05) is 68.0 Å². The number of aromatic amines is 2. The van der Waals surface area contributed by atoms with Gasteiger partial charge in [-0.3, -0.25) is 14.7 Å². The number of fused-ring (bicyclic) bond motifs is 1. The van der Waals surface area contributed by atoms with Gasteiger partial charge in [0.25, 0.3) is 11.8 Å². The minimum absolute atomic E-state index is 0.0430. The zero-order chi connectivity index (χ0) is 30.1. The van der Waals surface area contributed by atoms with Crippen LogP contribution in [0.2, 0.25) is 0 Å². The standard InChI is InChI=1S/C28H27F2N7O5S/c29-18-11-19(30)13-21(12-18)43(40,41)37-6-4-24-23(16-37)26(35-34-24)33-28(39)22-2-1-20(36-7-9-42-10-8-36)14-25(22)32-27(38)17-3-5-31-15-17/h1-3,5,11-15,31H,4,6-10,16H2,(H,32,38)(H2,33,34,35,39). The van der Waals surface area contributed by atoms with Gasteiger partial charge in [-0.25, -0.2) is 17.2 Å². The Balaban J connectivity index is 1.26. The number of nitrogens with one attached hydrogen (secondary N) is 4. The van der Waals surface area contributed by atoms with E-state index < -0.39 is 38.4 Å². The molecule has 1 fully saturated rings. The van der Waals surface area contributed by atoms with E-state index in [-0.39, 0.29) is 36.6 Å². The van der Waals surface area contributed by atoms with Crippen molar-refractivity contribution >= 4 is 39.0 Å². The first-order valence-corrected chi connectivity index (χ1v) is 14.9. The molecular formula is C28H27F2N7O5S. The number of benzene rings is 2. The molecule has 0 radical (unpaired) electrons. The number of anilines is 3. The van der Waals surface area contributed by atoms with E-state index in [1.807, 2.05) is 0 Å². The van der Waals surface area contributed by atoms with Gasteiger partial charge in [-0.1, -0.05) is 0 Å².